The molecule has 120 valence electrons. The van der Waals surface area contributed by atoms with Crippen LogP contribution in [0.4, 0.5) is 10.1 Å². The number of halogens is 2. The second-order valence-electron chi connectivity index (χ2n) is 5.18. The second kappa shape index (κ2) is 6.04. The Morgan fingerprint density at radius 3 is 2.91 bits per heavy atom. The number of nitrogens with one attached hydrogen (secondary N) is 2. The lowest BCUT2D eigenvalue weighted by molar-refractivity contribution is 0.540. The van der Waals surface area contributed by atoms with Crippen LogP contribution in [0.5, 0.6) is 0 Å². The first-order chi connectivity index (χ1) is 11.0. The van der Waals surface area contributed by atoms with Crippen LogP contribution in [-0.4, -0.2) is 9.97 Å². The van der Waals surface area contributed by atoms with Gasteiger partial charge in [-0.15, -0.1) is 0 Å². The van der Waals surface area contributed by atoms with E-state index in [1.807, 2.05) is 13.8 Å². The summed E-state index contributed by atoms with van der Waals surface area (Å²) in [4.78, 5) is 18.8. The maximum absolute atomic E-state index is 13.7. The number of aromatic nitrogens is 2. The molecule has 0 fully saturated rings. The summed E-state index contributed by atoms with van der Waals surface area (Å²) < 4.78 is 19.2. The van der Waals surface area contributed by atoms with E-state index in [0.29, 0.717) is 10.7 Å². The Morgan fingerprint density at radius 2 is 2.22 bits per heavy atom. The summed E-state index contributed by atoms with van der Waals surface area (Å²) in [6.45, 7) is 4.02. The summed E-state index contributed by atoms with van der Waals surface area (Å²) in [5.74, 6) is -0.245. The number of hydrogen-bond acceptors (Lipinski definition) is 4. The van der Waals surface area contributed by atoms with E-state index in [9.17, 15) is 9.18 Å². The molecule has 23 heavy (non-hydrogen) atoms. The number of rotatable bonds is 4. The van der Waals surface area contributed by atoms with Crippen LogP contribution in [0, 0.1) is 12.7 Å². The van der Waals surface area contributed by atoms with Crippen molar-refractivity contribution in [3.8, 4) is 0 Å². The lowest BCUT2D eigenvalue weighted by Gasteiger charge is -2.07. The van der Waals surface area contributed by atoms with E-state index >= 15 is 0 Å². The maximum Gasteiger partial charge on any atom is 0.271 e. The van der Waals surface area contributed by atoms with E-state index in [0.717, 1.165) is 17.7 Å². The van der Waals surface area contributed by atoms with Gasteiger partial charge in [-0.2, -0.15) is 0 Å². The van der Waals surface area contributed by atoms with Crippen molar-refractivity contribution in [2.24, 2.45) is 0 Å². The minimum Gasteiger partial charge on any atom is -0.437 e. The molecule has 0 spiro atoms. The molecule has 5 nitrogen and oxygen atoms in total. The summed E-state index contributed by atoms with van der Waals surface area (Å²) in [7, 11) is 0. The first-order valence-electron chi connectivity index (χ1n) is 7.19. The van der Waals surface area contributed by atoms with Gasteiger partial charge >= 0.3 is 0 Å². The van der Waals surface area contributed by atoms with Gasteiger partial charge in [0.2, 0.25) is 5.89 Å². The third-order valence-corrected chi connectivity index (χ3v) is 3.95. The molecule has 0 saturated carbocycles. The van der Waals surface area contributed by atoms with E-state index in [-0.39, 0.29) is 29.1 Å². The summed E-state index contributed by atoms with van der Waals surface area (Å²) >= 11 is 5.97. The van der Waals surface area contributed by atoms with Crippen LogP contribution in [0.1, 0.15) is 24.1 Å². The zero-order valence-electron chi connectivity index (χ0n) is 12.7. The zero-order chi connectivity index (χ0) is 16.6. The summed E-state index contributed by atoms with van der Waals surface area (Å²) in [5.41, 5.74) is 2.37. The largest absolute Gasteiger partial charge is 0.437 e. The zero-order valence-corrected chi connectivity index (χ0v) is 13.4. The van der Waals surface area contributed by atoms with Crippen molar-refractivity contribution in [2.45, 2.75) is 26.8 Å². The van der Waals surface area contributed by atoms with Crippen molar-refractivity contribution in [3.63, 3.8) is 0 Å². The molecule has 2 heterocycles. The monoisotopic (exact) mass is 335 g/mol. The van der Waals surface area contributed by atoms with Gasteiger partial charge in [0.1, 0.15) is 11.2 Å². The first-order valence-corrected chi connectivity index (χ1v) is 7.57. The Bertz CT molecular complexity index is 894. The van der Waals surface area contributed by atoms with Crippen molar-refractivity contribution in [1.82, 2.24) is 9.97 Å². The highest BCUT2D eigenvalue weighted by atomic mass is 35.5. The standard InChI is InChI=1S/C16H15ClFN3O2/c1-3-9-6-12(16(22)20-8(9)2)19-7-13-21-14-11(18)5-4-10(17)15(14)23-13/h4-6,19H,3,7H2,1-2H3,(H,20,22). The Labute approximate surface area is 136 Å². The minimum atomic E-state index is -0.499. The smallest absolute Gasteiger partial charge is 0.271 e. The predicted molar refractivity (Wildman–Crippen MR) is 87.5 cm³/mol. The molecule has 7 heteroatoms. The number of nitrogens with zero attached hydrogens (tertiary/aromatic N) is 1. The van der Waals surface area contributed by atoms with Gasteiger partial charge in [0.15, 0.2) is 11.4 Å². The van der Waals surface area contributed by atoms with Crippen molar-refractivity contribution in [1.29, 1.82) is 0 Å². The van der Waals surface area contributed by atoms with Crippen LogP contribution in [0.15, 0.2) is 27.4 Å². The first kappa shape index (κ1) is 15.6. The number of aryl methyl sites for hydroxylation is 2. The SMILES string of the molecule is CCc1cc(NCc2nc3c(F)ccc(Cl)c3o2)c(=O)[nH]c1C. The van der Waals surface area contributed by atoms with E-state index in [1.165, 1.54) is 12.1 Å². The Balaban J connectivity index is 1.88. The second-order valence-corrected chi connectivity index (χ2v) is 5.59. The molecule has 3 rings (SSSR count). The third kappa shape index (κ3) is 2.94. The number of aromatic amines is 1. The molecule has 0 bridgehead atoms. The number of anilines is 1. The molecule has 3 aromatic rings. The molecule has 2 N–H and O–H groups in total. The number of oxazole rings is 1. The molecule has 0 aliphatic rings. The van der Waals surface area contributed by atoms with Gasteiger partial charge in [-0.3, -0.25) is 4.79 Å². The lowest BCUT2D eigenvalue weighted by Crippen LogP contribution is -2.16. The maximum atomic E-state index is 13.7. The molecule has 0 aliphatic carbocycles. The molecule has 0 unspecified atom stereocenters. The van der Waals surface area contributed by atoms with E-state index < -0.39 is 5.82 Å². The normalized spacial score (nSPS) is 11.1. The average Bonchev–Trinajstić information content (AvgIpc) is 2.96. The van der Waals surface area contributed by atoms with Crippen molar-refractivity contribution >= 4 is 28.4 Å². The third-order valence-electron chi connectivity index (χ3n) is 3.65. The highest BCUT2D eigenvalue weighted by molar-refractivity contribution is 6.34. The highest BCUT2D eigenvalue weighted by Gasteiger charge is 2.14. The van der Waals surface area contributed by atoms with Crippen LogP contribution < -0.4 is 10.9 Å². The van der Waals surface area contributed by atoms with Gasteiger partial charge in [0.05, 0.1) is 11.6 Å². The summed E-state index contributed by atoms with van der Waals surface area (Å²) in [6.07, 6.45) is 0.807. The molecule has 0 amide bonds. The molecular formula is C16H15ClFN3O2. The van der Waals surface area contributed by atoms with E-state index in [2.05, 4.69) is 15.3 Å². The van der Waals surface area contributed by atoms with Crippen LogP contribution >= 0.6 is 11.6 Å². The quantitative estimate of drug-likeness (QED) is 0.761. The molecule has 1 aromatic carbocycles. The van der Waals surface area contributed by atoms with Crippen molar-refractivity contribution < 1.29 is 8.81 Å². The van der Waals surface area contributed by atoms with Gasteiger partial charge in [0.25, 0.3) is 5.56 Å². The fourth-order valence-corrected chi connectivity index (χ4v) is 2.59. The summed E-state index contributed by atoms with van der Waals surface area (Å²) in [6, 6.07) is 4.45. The molecule has 0 atom stereocenters. The number of pyridine rings is 1. The van der Waals surface area contributed by atoms with Crippen molar-refractivity contribution in [3.05, 3.63) is 56.5 Å². The van der Waals surface area contributed by atoms with Crippen LogP contribution in [0.25, 0.3) is 11.1 Å². The van der Waals surface area contributed by atoms with Crippen LogP contribution in [-0.2, 0) is 13.0 Å². The summed E-state index contributed by atoms with van der Waals surface area (Å²) in [5, 5.41) is 3.26. The molecule has 2 aromatic heterocycles. The Hall–Kier alpha value is -2.34. The molecular weight excluding hydrogens is 321 g/mol. The number of benzene rings is 1. The number of fused-ring (bicyclic) bond motifs is 1. The molecule has 0 radical (unpaired) electrons. The van der Waals surface area contributed by atoms with Gasteiger partial charge < -0.3 is 14.7 Å². The fourth-order valence-electron chi connectivity index (χ4n) is 2.40. The Morgan fingerprint density at radius 1 is 1.43 bits per heavy atom. The van der Waals surface area contributed by atoms with Gasteiger partial charge in [0, 0.05) is 5.69 Å². The predicted octanol–water partition coefficient (Wildman–Crippen LogP) is 3.79. The van der Waals surface area contributed by atoms with Gasteiger partial charge in [-0.1, -0.05) is 18.5 Å². The van der Waals surface area contributed by atoms with Gasteiger partial charge in [-0.25, -0.2) is 9.37 Å². The van der Waals surface area contributed by atoms with E-state index in [4.69, 9.17) is 16.0 Å². The molecule has 0 aliphatic heterocycles. The van der Waals surface area contributed by atoms with Crippen molar-refractivity contribution in [2.75, 3.05) is 5.32 Å². The fraction of sp³-hybridized carbons (Fsp3) is 0.250. The minimum absolute atomic E-state index is 0.0846. The highest BCUT2D eigenvalue weighted by Crippen LogP contribution is 2.26. The molecule has 0 saturated heterocycles. The van der Waals surface area contributed by atoms with Gasteiger partial charge in [-0.05, 0) is 37.1 Å². The van der Waals surface area contributed by atoms with E-state index in [1.54, 1.807) is 6.07 Å². The number of hydrogen-bond donors (Lipinski definition) is 2. The average molecular weight is 336 g/mol. The van der Waals surface area contributed by atoms with Crippen LogP contribution in [0.2, 0.25) is 5.02 Å². The topological polar surface area (TPSA) is 70.9 Å². The van der Waals surface area contributed by atoms with Crippen LogP contribution in [0.3, 0.4) is 0 Å². The number of H-pyrrole nitrogens is 1. The Kier molecular flexibility index (Phi) is 4.09. The lowest BCUT2D eigenvalue weighted by atomic mass is 10.1.